The normalized spacial score (nSPS) is 39.7. The van der Waals surface area contributed by atoms with E-state index in [4.69, 9.17) is 0 Å². The summed E-state index contributed by atoms with van der Waals surface area (Å²) in [7, 11) is 2.04. The van der Waals surface area contributed by atoms with Crippen LogP contribution in [0.1, 0.15) is 20.3 Å². The van der Waals surface area contributed by atoms with Gasteiger partial charge in [-0.05, 0) is 19.0 Å². The number of nitrogens with one attached hydrogen (secondary N) is 1. The second-order valence-corrected chi connectivity index (χ2v) is 3.68. The van der Waals surface area contributed by atoms with Crippen LogP contribution in [0.5, 0.6) is 0 Å². The highest BCUT2D eigenvalue weighted by molar-refractivity contribution is 5.57. The lowest BCUT2D eigenvalue weighted by molar-refractivity contribution is 0.639. The first kappa shape index (κ1) is 7.11. The third-order valence-electron chi connectivity index (χ3n) is 2.97. The third kappa shape index (κ3) is 0.747. The zero-order valence-corrected chi connectivity index (χ0v) is 7.44. The lowest BCUT2D eigenvalue weighted by Gasteiger charge is -2.03. The van der Waals surface area contributed by atoms with Gasteiger partial charge < -0.3 is 5.32 Å². The summed E-state index contributed by atoms with van der Waals surface area (Å²) < 4.78 is 0. The van der Waals surface area contributed by atoms with Crippen molar-refractivity contribution in [2.45, 2.75) is 26.3 Å². The van der Waals surface area contributed by atoms with Crippen molar-refractivity contribution in [3.8, 4) is 0 Å². The predicted molar refractivity (Wildman–Crippen MR) is 47.4 cm³/mol. The maximum atomic E-state index is 3.31. The van der Waals surface area contributed by atoms with Crippen LogP contribution < -0.4 is 5.32 Å². The molecule has 0 radical (unpaired) electrons. The van der Waals surface area contributed by atoms with E-state index in [0.29, 0.717) is 11.5 Å². The average molecular weight is 149 g/mol. The molecule has 0 bridgehead atoms. The quantitative estimate of drug-likeness (QED) is 0.632. The van der Waals surface area contributed by atoms with Gasteiger partial charge in [0.2, 0.25) is 0 Å². The molecule has 0 aliphatic heterocycles. The molecule has 0 aromatic heterocycles. The molecule has 60 valence electrons. The number of allylic oxidation sites excluding steroid dienone is 2. The van der Waals surface area contributed by atoms with E-state index in [1.165, 1.54) is 12.0 Å². The van der Waals surface area contributed by atoms with Gasteiger partial charge in [0.05, 0.1) is 0 Å². The van der Waals surface area contributed by atoms with Crippen molar-refractivity contribution in [2.75, 3.05) is 7.05 Å². The van der Waals surface area contributed by atoms with Gasteiger partial charge in [-0.2, -0.15) is 0 Å². The fraction of sp³-hybridized carbons (Fsp3) is 0.600. The SMILES string of the molecule is CCC1=CC2(C)C(=C1)[C@H]2NC. The van der Waals surface area contributed by atoms with E-state index in [1.807, 2.05) is 7.05 Å². The minimum Gasteiger partial charge on any atom is -0.312 e. The van der Waals surface area contributed by atoms with Crippen molar-refractivity contribution in [1.29, 1.82) is 0 Å². The molecule has 2 atom stereocenters. The van der Waals surface area contributed by atoms with Crippen LogP contribution in [0, 0.1) is 5.41 Å². The van der Waals surface area contributed by atoms with E-state index in [9.17, 15) is 0 Å². The molecule has 0 heterocycles. The van der Waals surface area contributed by atoms with E-state index < -0.39 is 0 Å². The molecule has 1 fully saturated rings. The fourth-order valence-corrected chi connectivity index (χ4v) is 2.18. The minimum absolute atomic E-state index is 0.389. The van der Waals surface area contributed by atoms with Crippen molar-refractivity contribution < 1.29 is 0 Å². The smallest absolute Gasteiger partial charge is 0.0417 e. The van der Waals surface area contributed by atoms with Crippen molar-refractivity contribution in [2.24, 2.45) is 5.41 Å². The Balaban J connectivity index is 2.20. The van der Waals surface area contributed by atoms with Crippen LogP contribution >= 0.6 is 0 Å². The molecule has 0 aromatic rings. The molecule has 1 N–H and O–H groups in total. The Hall–Kier alpha value is -0.560. The Morgan fingerprint density at radius 3 is 2.73 bits per heavy atom. The van der Waals surface area contributed by atoms with Crippen LogP contribution in [-0.4, -0.2) is 13.1 Å². The van der Waals surface area contributed by atoms with Crippen LogP contribution in [0.3, 0.4) is 0 Å². The van der Waals surface area contributed by atoms with E-state index in [0.717, 1.165) is 0 Å². The van der Waals surface area contributed by atoms with Crippen molar-refractivity contribution in [3.05, 3.63) is 23.3 Å². The Morgan fingerprint density at radius 1 is 1.64 bits per heavy atom. The third-order valence-corrected chi connectivity index (χ3v) is 2.97. The van der Waals surface area contributed by atoms with Gasteiger partial charge in [0.15, 0.2) is 0 Å². The van der Waals surface area contributed by atoms with Crippen molar-refractivity contribution in [1.82, 2.24) is 5.32 Å². The monoisotopic (exact) mass is 149 g/mol. The van der Waals surface area contributed by atoms with Gasteiger partial charge in [-0.25, -0.2) is 0 Å². The second kappa shape index (κ2) is 1.98. The maximum Gasteiger partial charge on any atom is 0.0417 e. The first-order valence-corrected chi connectivity index (χ1v) is 4.33. The molecule has 1 heteroatoms. The maximum absolute atomic E-state index is 3.31. The van der Waals surface area contributed by atoms with Crippen LogP contribution in [-0.2, 0) is 0 Å². The van der Waals surface area contributed by atoms with Crippen molar-refractivity contribution in [3.63, 3.8) is 0 Å². The number of fused-ring (bicyclic) bond motifs is 1. The summed E-state index contributed by atoms with van der Waals surface area (Å²) in [4.78, 5) is 0. The Kier molecular flexibility index (Phi) is 1.28. The van der Waals surface area contributed by atoms with Gasteiger partial charge in [-0.3, -0.25) is 0 Å². The minimum atomic E-state index is 0.389. The standard InChI is InChI=1S/C10H15N/c1-4-7-5-8-9(11-3)10(8,2)6-7/h5-6,9,11H,4H2,1-3H3/t9-,10?/m1/s1. The first-order chi connectivity index (χ1) is 5.22. The molecule has 2 aliphatic rings. The van der Waals surface area contributed by atoms with Gasteiger partial charge in [0.25, 0.3) is 0 Å². The van der Waals surface area contributed by atoms with Crippen LogP contribution in [0.4, 0.5) is 0 Å². The van der Waals surface area contributed by atoms with E-state index in [2.05, 4.69) is 31.3 Å². The van der Waals surface area contributed by atoms with E-state index in [1.54, 1.807) is 5.57 Å². The molecule has 11 heavy (non-hydrogen) atoms. The summed E-state index contributed by atoms with van der Waals surface area (Å²) in [6.07, 6.45) is 5.93. The summed E-state index contributed by atoms with van der Waals surface area (Å²) in [6.45, 7) is 4.52. The zero-order chi connectivity index (χ0) is 8.06. The highest BCUT2D eigenvalue weighted by atomic mass is 15.0. The number of likely N-dealkylation sites (N-methyl/N-ethyl adjacent to an activating group) is 1. The summed E-state index contributed by atoms with van der Waals surface area (Å²) in [5.41, 5.74) is 3.48. The largest absolute Gasteiger partial charge is 0.312 e. The van der Waals surface area contributed by atoms with Gasteiger partial charge in [-0.15, -0.1) is 0 Å². The molecule has 2 rings (SSSR count). The molecular weight excluding hydrogens is 134 g/mol. The summed E-state index contributed by atoms with van der Waals surface area (Å²) >= 11 is 0. The molecule has 0 spiro atoms. The Labute approximate surface area is 68.2 Å². The molecule has 1 saturated carbocycles. The van der Waals surface area contributed by atoms with Crippen molar-refractivity contribution >= 4 is 0 Å². The molecule has 0 amide bonds. The average Bonchev–Trinajstić information content (AvgIpc) is 2.36. The van der Waals surface area contributed by atoms with Gasteiger partial charge in [-0.1, -0.05) is 31.6 Å². The Bertz CT molecular complexity index is 250. The summed E-state index contributed by atoms with van der Waals surface area (Å²) in [5, 5.41) is 3.31. The van der Waals surface area contributed by atoms with E-state index >= 15 is 0 Å². The first-order valence-electron chi connectivity index (χ1n) is 4.33. The summed E-state index contributed by atoms with van der Waals surface area (Å²) in [6, 6.07) is 0.637. The lowest BCUT2D eigenvalue weighted by atomic mass is 10.1. The molecule has 1 unspecified atom stereocenters. The van der Waals surface area contributed by atoms with E-state index in [-0.39, 0.29) is 0 Å². The molecule has 0 aromatic carbocycles. The molecule has 1 nitrogen and oxygen atoms in total. The molecular formula is C10H15N. The zero-order valence-electron chi connectivity index (χ0n) is 7.44. The molecule has 0 saturated heterocycles. The number of rotatable bonds is 2. The van der Waals surface area contributed by atoms with Gasteiger partial charge in [0, 0.05) is 11.5 Å². The second-order valence-electron chi connectivity index (χ2n) is 3.68. The van der Waals surface area contributed by atoms with Gasteiger partial charge >= 0.3 is 0 Å². The molecule has 2 aliphatic carbocycles. The lowest BCUT2D eigenvalue weighted by Crippen LogP contribution is -2.15. The highest BCUT2D eigenvalue weighted by Gasteiger charge is 2.55. The number of hydrogen-bond acceptors (Lipinski definition) is 1. The summed E-state index contributed by atoms with van der Waals surface area (Å²) in [5.74, 6) is 0. The number of hydrogen-bond donors (Lipinski definition) is 1. The van der Waals surface area contributed by atoms with Crippen LogP contribution in [0.2, 0.25) is 0 Å². The van der Waals surface area contributed by atoms with Gasteiger partial charge in [0.1, 0.15) is 0 Å². The topological polar surface area (TPSA) is 12.0 Å². The fourth-order valence-electron chi connectivity index (χ4n) is 2.18. The Morgan fingerprint density at radius 2 is 2.36 bits per heavy atom. The van der Waals surface area contributed by atoms with Crippen LogP contribution in [0.15, 0.2) is 23.3 Å². The van der Waals surface area contributed by atoms with Crippen LogP contribution in [0.25, 0.3) is 0 Å². The highest BCUT2D eigenvalue weighted by Crippen LogP contribution is 2.57. The predicted octanol–water partition coefficient (Wildman–Crippen LogP) is 1.87.